The maximum absolute atomic E-state index is 15.3. The highest BCUT2D eigenvalue weighted by Crippen LogP contribution is 2.43. The van der Waals surface area contributed by atoms with Gasteiger partial charge in [0, 0.05) is 42.9 Å². The van der Waals surface area contributed by atoms with Crippen molar-refractivity contribution in [1.29, 1.82) is 0 Å². The van der Waals surface area contributed by atoms with E-state index in [9.17, 15) is 24.6 Å². The second-order valence-electron chi connectivity index (χ2n) is 25.0. The monoisotopic (exact) mass is 1230 g/mol. The van der Waals surface area contributed by atoms with Gasteiger partial charge in [0.1, 0.15) is 17.3 Å². The Labute approximate surface area is 522 Å². The number of pyridine rings is 1. The summed E-state index contributed by atoms with van der Waals surface area (Å²) in [6.07, 6.45) is -5.08. The number of ether oxygens (including phenoxy) is 9. The van der Waals surface area contributed by atoms with E-state index in [2.05, 4.69) is 10.1 Å². The zero-order valence-corrected chi connectivity index (χ0v) is 53.4. The van der Waals surface area contributed by atoms with Crippen molar-refractivity contribution in [3.05, 3.63) is 156 Å². The first-order valence-electron chi connectivity index (χ1n) is 30.8. The predicted octanol–water partition coefficient (Wildman–Crippen LogP) is 10.4. The number of carbonyl (C=O) groups is 4. The number of methoxy groups -OCH3 is 1. The van der Waals surface area contributed by atoms with Gasteiger partial charge in [-0.3, -0.25) is 9.78 Å². The van der Waals surface area contributed by atoms with Gasteiger partial charge in [0.25, 0.3) is 0 Å². The fourth-order valence-corrected chi connectivity index (χ4v) is 12.9. The van der Waals surface area contributed by atoms with Crippen LogP contribution in [0.3, 0.4) is 0 Å². The third-order valence-corrected chi connectivity index (χ3v) is 17.9. The van der Waals surface area contributed by atoms with Crippen molar-refractivity contribution in [2.75, 3.05) is 27.8 Å². The first-order chi connectivity index (χ1) is 42.4. The summed E-state index contributed by atoms with van der Waals surface area (Å²) in [6, 6.07) is 34.9. The van der Waals surface area contributed by atoms with Crippen LogP contribution in [0.15, 0.2) is 139 Å². The number of nitrogens with zero attached hydrogens (tertiary/aromatic N) is 3. The van der Waals surface area contributed by atoms with Gasteiger partial charge >= 0.3 is 23.9 Å². The molecule has 0 bridgehead atoms. The Balaban J connectivity index is 1.29. The quantitative estimate of drug-likeness (QED) is 0.0382. The predicted molar refractivity (Wildman–Crippen MR) is 334 cm³/mol. The van der Waals surface area contributed by atoms with E-state index in [0.29, 0.717) is 17.5 Å². The van der Waals surface area contributed by atoms with Crippen LogP contribution in [-0.4, -0.2) is 162 Å². The fraction of sp³-hybridized carbons (Fsp3) is 0.514. The molecule has 3 aliphatic rings. The number of fused-ring (bicyclic) bond motifs is 1. The van der Waals surface area contributed by atoms with Crippen LogP contribution in [0.4, 0.5) is 0 Å². The minimum atomic E-state index is -2.12. The molecule has 0 amide bonds. The lowest BCUT2D eigenvalue weighted by atomic mass is 9.73. The van der Waals surface area contributed by atoms with Crippen molar-refractivity contribution in [2.45, 2.75) is 179 Å². The lowest BCUT2D eigenvalue weighted by Crippen LogP contribution is -2.62. The number of likely N-dealkylation sites (N-methyl/N-ethyl adjacent to an activating group) is 1. The Kier molecular flexibility index (Phi) is 22.9. The van der Waals surface area contributed by atoms with Crippen LogP contribution in [0, 0.1) is 23.7 Å². The third-order valence-electron chi connectivity index (χ3n) is 17.9. The SMILES string of the molecule is CC[C@H]1OC(=O)[C@H](C)[C@@H](O[C@H]2C[C@@](C)(OC)[C@@H](OC(=O)c3ccccc3)[C@H](C)O2)[C@H](C)[C@@H](O[C@@H]2O[C@H](C)C[C@H](N(C)C)[C@H]2OC(=O)c2ccccc2)[C@](C)(OC/C=C/c2cnc3ccccc3c2)C[C@@H](C)/C(=N\OC(=O)c2ccccc2)[C@H](C)[C@@H](O)[C@]1(C)O. The topological polar surface area (TPSA) is 230 Å². The number of benzene rings is 4. The lowest BCUT2D eigenvalue weighted by Gasteiger charge is -2.50. The number of para-hydroxylation sites is 1. The molecule has 5 aromatic rings. The number of aliphatic hydroxyl groups is 2. The minimum Gasteiger partial charge on any atom is -0.459 e. The number of hydrogen-bond donors (Lipinski definition) is 2. The molecule has 3 saturated heterocycles. The first kappa shape index (κ1) is 68.1. The zero-order chi connectivity index (χ0) is 64.4. The Morgan fingerprint density at radius 1 is 0.742 bits per heavy atom. The maximum atomic E-state index is 15.3. The molecular formula is C70H89N3O16. The summed E-state index contributed by atoms with van der Waals surface area (Å²) in [6.45, 7) is 17.4. The molecule has 18 atom stereocenters. The van der Waals surface area contributed by atoms with Gasteiger partial charge in [0.05, 0.1) is 82.6 Å². The number of hydrogen-bond acceptors (Lipinski definition) is 19. The standard InChI is InChI=1S/C70H89N3O16/c1-14-55-70(10,79)60(74)44(4)57(72-89-66(78)51-32-22-17-23-33-51)42(2)39-69(9,81-36-26-27-48-38-52-34-24-25-35-53(52)71-41-48)61(88-67-59(54(73(11)12)37-43(3)82-67)86-64(76)49-28-18-15-19-29-49)45(5)58(46(6)63(75)84-55)85-56-40-68(8,80-13)62(47(7)83-56)87-65(77)50-30-20-16-21-31-50/h15-35,38,41-47,54-56,58-62,67,74,79H,14,36-37,39-40H2,1-13H3/b27-26+,72-57+/t42-,43-,44+,45+,46-,47+,54+,55-,56+,58+,59-,60-,61-,62+,67+,68-,69-,70-/m1/s1. The molecule has 19 heteroatoms. The zero-order valence-electron chi connectivity index (χ0n) is 53.4. The van der Waals surface area contributed by atoms with Crippen molar-refractivity contribution < 1.29 is 76.9 Å². The van der Waals surface area contributed by atoms with Crippen LogP contribution in [0.1, 0.15) is 132 Å². The number of carbonyl (C=O) groups excluding carboxylic acids is 4. The fourth-order valence-electron chi connectivity index (χ4n) is 12.9. The highest BCUT2D eigenvalue weighted by Gasteiger charge is 2.55. The van der Waals surface area contributed by atoms with Gasteiger partial charge < -0.3 is 62.6 Å². The largest absolute Gasteiger partial charge is 0.459 e. The summed E-state index contributed by atoms with van der Waals surface area (Å²) in [4.78, 5) is 69.4. The molecule has 1 aromatic heterocycles. The number of aromatic nitrogens is 1. The Morgan fingerprint density at radius 2 is 1.34 bits per heavy atom. The molecule has 480 valence electrons. The van der Waals surface area contributed by atoms with Gasteiger partial charge in [-0.15, -0.1) is 0 Å². The molecule has 3 fully saturated rings. The molecule has 3 aliphatic heterocycles. The summed E-state index contributed by atoms with van der Waals surface area (Å²) in [5, 5.41) is 30.6. The summed E-state index contributed by atoms with van der Waals surface area (Å²) in [5.74, 6) is -6.72. The van der Waals surface area contributed by atoms with Gasteiger partial charge in [-0.25, -0.2) is 14.4 Å². The van der Waals surface area contributed by atoms with Crippen LogP contribution in [0.5, 0.6) is 0 Å². The van der Waals surface area contributed by atoms with Gasteiger partial charge in [-0.1, -0.05) is 118 Å². The smallest absolute Gasteiger partial charge is 0.365 e. The molecule has 2 N–H and O–H groups in total. The van der Waals surface area contributed by atoms with Gasteiger partial charge in [-0.2, -0.15) is 0 Å². The van der Waals surface area contributed by atoms with Gasteiger partial charge in [0.15, 0.2) is 24.8 Å². The highest BCUT2D eigenvalue weighted by molar-refractivity contribution is 5.93. The molecule has 0 spiro atoms. The average Bonchev–Trinajstić information content (AvgIpc) is 2.34. The van der Waals surface area contributed by atoms with Crippen LogP contribution in [-0.2, 0) is 52.3 Å². The third kappa shape index (κ3) is 16.2. The normalized spacial score (nSPS) is 33.7. The van der Waals surface area contributed by atoms with E-state index in [1.165, 1.54) is 14.0 Å². The van der Waals surface area contributed by atoms with Crippen molar-refractivity contribution >= 4 is 46.6 Å². The van der Waals surface area contributed by atoms with Gasteiger partial charge in [0.2, 0.25) is 0 Å². The molecule has 4 heterocycles. The van der Waals surface area contributed by atoms with Gasteiger partial charge in [-0.05, 0) is 129 Å². The number of cyclic esters (lactones) is 1. The Morgan fingerprint density at radius 3 is 1.94 bits per heavy atom. The van der Waals surface area contributed by atoms with Crippen LogP contribution >= 0.6 is 0 Å². The summed E-state index contributed by atoms with van der Waals surface area (Å²) in [5.41, 5.74) is -2.20. The van der Waals surface area contributed by atoms with E-state index in [4.69, 9.17) is 47.5 Å². The van der Waals surface area contributed by atoms with Crippen molar-refractivity contribution in [2.24, 2.45) is 28.8 Å². The second-order valence-corrected chi connectivity index (χ2v) is 25.0. The molecule has 0 radical (unpaired) electrons. The molecule has 4 aromatic carbocycles. The van der Waals surface area contributed by atoms with E-state index in [1.54, 1.807) is 132 Å². The summed E-state index contributed by atoms with van der Waals surface area (Å²) >= 11 is 0. The molecule has 19 nitrogen and oxygen atoms in total. The molecule has 89 heavy (non-hydrogen) atoms. The van der Waals surface area contributed by atoms with E-state index in [0.717, 1.165) is 16.5 Å². The van der Waals surface area contributed by atoms with Crippen LogP contribution in [0.25, 0.3) is 17.0 Å². The maximum Gasteiger partial charge on any atom is 0.365 e. The number of esters is 3. The Bertz CT molecular complexity index is 3220. The number of aliphatic hydroxyl groups excluding tert-OH is 1. The average molecular weight is 1230 g/mol. The summed E-state index contributed by atoms with van der Waals surface area (Å²) < 4.78 is 60.9. The second kappa shape index (κ2) is 29.9. The Hall–Kier alpha value is -6.78. The molecule has 8 rings (SSSR count). The van der Waals surface area contributed by atoms with Crippen molar-refractivity contribution in [1.82, 2.24) is 9.88 Å². The molecular weight excluding hydrogens is 1140 g/mol. The molecule has 0 saturated carbocycles. The molecule has 0 aliphatic carbocycles. The van der Waals surface area contributed by atoms with E-state index < -0.39 is 132 Å². The number of rotatable bonds is 17. The highest BCUT2D eigenvalue weighted by atomic mass is 16.7. The number of oxime groups is 1. The summed E-state index contributed by atoms with van der Waals surface area (Å²) in [7, 11) is 5.30. The van der Waals surface area contributed by atoms with Crippen LogP contribution in [0.2, 0.25) is 0 Å². The molecule has 0 unspecified atom stereocenters. The van der Waals surface area contributed by atoms with E-state index in [1.807, 2.05) is 89.2 Å². The van der Waals surface area contributed by atoms with Crippen molar-refractivity contribution in [3.63, 3.8) is 0 Å². The van der Waals surface area contributed by atoms with E-state index >= 15 is 4.79 Å². The lowest BCUT2D eigenvalue weighted by molar-refractivity contribution is -0.319. The first-order valence-corrected chi connectivity index (χ1v) is 30.8. The van der Waals surface area contributed by atoms with E-state index in [-0.39, 0.29) is 37.1 Å². The minimum absolute atomic E-state index is 0.000502. The van der Waals surface area contributed by atoms with Crippen molar-refractivity contribution in [3.8, 4) is 0 Å². The van der Waals surface area contributed by atoms with Crippen LogP contribution < -0.4 is 0 Å².